The molecule has 2 rings (SSSR count). The summed E-state index contributed by atoms with van der Waals surface area (Å²) >= 11 is 2.96. The molecule has 1 aliphatic rings. The Morgan fingerprint density at radius 2 is 2.31 bits per heavy atom. The smallest absolute Gasteiger partial charge is 0.259 e. The van der Waals surface area contributed by atoms with E-state index in [-0.39, 0.29) is 17.0 Å². The fraction of sp³-hybridized carbons (Fsp3) is 0.714. The lowest BCUT2D eigenvalue weighted by atomic mass is 10.1. The van der Waals surface area contributed by atoms with Crippen molar-refractivity contribution in [3.05, 3.63) is 10.6 Å². The highest BCUT2D eigenvalue weighted by atomic mass is 79.9. The van der Waals surface area contributed by atoms with E-state index in [0.29, 0.717) is 12.8 Å². The summed E-state index contributed by atoms with van der Waals surface area (Å²) in [6, 6.07) is 0. The van der Waals surface area contributed by atoms with Crippen LogP contribution in [0.3, 0.4) is 0 Å². The van der Waals surface area contributed by atoms with Crippen molar-refractivity contribution in [3.8, 4) is 0 Å². The van der Waals surface area contributed by atoms with Crippen molar-refractivity contribution in [1.82, 2.24) is 10.1 Å². The Morgan fingerprint density at radius 3 is 2.77 bits per heavy atom. The van der Waals surface area contributed by atoms with Crippen LogP contribution in [-0.2, 0) is 0 Å². The zero-order chi connectivity index (χ0) is 9.47. The fourth-order valence-electron chi connectivity index (χ4n) is 1.59. The molecule has 3 nitrogen and oxygen atoms in total. The number of hydrogen-bond acceptors (Lipinski definition) is 3. The van der Waals surface area contributed by atoms with E-state index in [2.05, 4.69) is 26.1 Å². The summed E-state index contributed by atoms with van der Waals surface area (Å²) in [4.78, 5) is 3.75. The van der Waals surface area contributed by atoms with Gasteiger partial charge in [0.15, 0.2) is 0 Å². The van der Waals surface area contributed by atoms with E-state index >= 15 is 0 Å². The molecule has 1 saturated carbocycles. The molecule has 0 radical (unpaired) electrons. The third-order valence-electron chi connectivity index (χ3n) is 2.23. The molecule has 6 heteroatoms. The number of rotatable bonds is 1. The third kappa shape index (κ3) is 1.59. The van der Waals surface area contributed by atoms with E-state index in [9.17, 15) is 8.78 Å². The molecule has 1 unspecified atom stereocenters. The first kappa shape index (κ1) is 9.05. The van der Waals surface area contributed by atoms with Crippen molar-refractivity contribution in [1.29, 1.82) is 0 Å². The second-order valence-electron chi connectivity index (χ2n) is 3.11. The first-order valence-corrected chi connectivity index (χ1v) is 4.76. The highest BCUT2D eigenvalue weighted by molar-refractivity contribution is 9.10. The summed E-state index contributed by atoms with van der Waals surface area (Å²) in [6.07, 6.45) is 0.844. The van der Waals surface area contributed by atoms with E-state index in [1.807, 2.05) is 0 Å². The van der Waals surface area contributed by atoms with Crippen LogP contribution < -0.4 is 0 Å². The summed E-state index contributed by atoms with van der Waals surface area (Å²) in [5, 5.41) is 3.42. The molecule has 1 aromatic rings. The summed E-state index contributed by atoms with van der Waals surface area (Å²) in [5.74, 6) is -3.55. The molecule has 72 valence electrons. The number of hydrogen-bond donors (Lipinski definition) is 0. The van der Waals surface area contributed by atoms with E-state index in [0.717, 1.165) is 0 Å². The molecule has 0 amide bonds. The zero-order valence-corrected chi connectivity index (χ0v) is 8.22. The minimum Gasteiger partial charge on any atom is -0.338 e. The Labute approximate surface area is 81.6 Å². The van der Waals surface area contributed by atoms with Crippen LogP contribution in [0, 0.1) is 0 Å². The summed E-state index contributed by atoms with van der Waals surface area (Å²) in [7, 11) is 0. The van der Waals surface area contributed by atoms with Gasteiger partial charge >= 0.3 is 0 Å². The second kappa shape index (κ2) is 3.01. The summed E-state index contributed by atoms with van der Waals surface area (Å²) in [5.41, 5.74) is 0. The van der Waals surface area contributed by atoms with Gasteiger partial charge in [-0.25, -0.2) is 8.78 Å². The maximum Gasteiger partial charge on any atom is 0.259 e. The lowest BCUT2D eigenvalue weighted by Crippen LogP contribution is -2.19. The van der Waals surface area contributed by atoms with Crippen molar-refractivity contribution in [2.45, 2.75) is 31.1 Å². The van der Waals surface area contributed by atoms with Gasteiger partial charge in [-0.3, -0.25) is 0 Å². The number of nitrogens with zero attached hydrogens (tertiary/aromatic N) is 2. The van der Waals surface area contributed by atoms with E-state index in [1.54, 1.807) is 0 Å². The molecule has 1 heterocycles. The van der Waals surface area contributed by atoms with Gasteiger partial charge in [0.1, 0.15) is 5.92 Å². The van der Waals surface area contributed by atoms with Gasteiger partial charge in [-0.15, -0.1) is 0 Å². The minimum atomic E-state index is -2.69. The molecular weight excluding hydrogens is 246 g/mol. The molecule has 0 aliphatic heterocycles. The molecule has 13 heavy (non-hydrogen) atoms. The van der Waals surface area contributed by atoms with Crippen LogP contribution in [0.25, 0.3) is 0 Å². The van der Waals surface area contributed by atoms with Crippen LogP contribution >= 0.6 is 15.9 Å². The van der Waals surface area contributed by atoms with Crippen LogP contribution in [0.15, 0.2) is 9.26 Å². The van der Waals surface area contributed by atoms with Gasteiger partial charge in [0.25, 0.3) is 5.92 Å². The van der Waals surface area contributed by atoms with E-state index in [4.69, 9.17) is 4.52 Å². The van der Waals surface area contributed by atoms with E-state index in [1.165, 1.54) is 0 Å². The van der Waals surface area contributed by atoms with Crippen molar-refractivity contribution >= 4 is 15.9 Å². The van der Waals surface area contributed by atoms with Crippen LogP contribution in [0.4, 0.5) is 8.78 Å². The molecular formula is C7H7BrF2N2O. The molecule has 0 bridgehead atoms. The average molecular weight is 253 g/mol. The van der Waals surface area contributed by atoms with Crippen molar-refractivity contribution in [2.75, 3.05) is 0 Å². The molecule has 0 saturated heterocycles. The molecule has 1 atom stereocenters. The number of halogens is 3. The van der Waals surface area contributed by atoms with Gasteiger partial charge in [-0.05, 0) is 33.9 Å². The van der Waals surface area contributed by atoms with Crippen LogP contribution in [0.2, 0.25) is 0 Å². The van der Waals surface area contributed by atoms with Gasteiger partial charge in [0.05, 0.1) is 0 Å². The lowest BCUT2D eigenvalue weighted by Gasteiger charge is -2.14. The normalized spacial score (nSPS) is 26.5. The van der Waals surface area contributed by atoms with Crippen molar-refractivity contribution in [3.63, 3.8) is 0 Å². The number of alkyl halides is 2. The van der Waals surface area contributed by atoms with Gasteiger partial charge < -0.3 is 4.52 Å². The fourth-order valence-corrected chi connectivity index (χ4v) is 1.84. The third-order valence-corrected chi connectivity index (χ3v) is 2.55. The Balaban J connectivity index is 2.26. The lowest BCUT2D eigenvalue weighted by molar-refractivity contribution is -0.0172. The predicted molar refractivity (Wildman–Crippen MR) is 43.5 cm³/mol. The SMILES string of the molecule is FC1(F)CCCC1c1nc(Br)no1. The molecule has 0 aromatic carbocycles. The van der Waals surface area contributed by atoms with Gasteiger partial charge in [0.2, 0.25) is 10.6 Å². The topological polar surface area (TPSA) is 38.9 Å². The highest BCUT2D eigenvalue weighted by Crippen LogP contribution is 2.46. The molecule has 1 aromatic heterocycles. The van der Waals surface area contributed by atoms with Crippen LogP contribution in [0.5, 0.6) is 0 Å². The van der Waals surface area contributed by atoms with Crippen LogP contribution in [0.1, 0.15) is 31.1 Å². The van der Waals surface area contributed by atoms with Gasteiger partial charge in [-0.2, -0.15) is 4.98 Å². The van der Waals surface area contributed by atoms with E-state index < -0.39 is 11.8 Å². The monoisotopic (exact) mass is 252 g/mol. The predicted octanol–water partition coefficient (Wildman–Crippen LogP) is 2.73. The maximum absolute atomic E-state index is 13.2. The number of aromatic nitrogens is 2. The van der Waals surface area contributed by atoms with Gasteiger partial charge in [-0.1, -0.05) is 0 Å². The first-order chi connectivity index (χ1) is 6.09. The molecule has 0 spiro atoms. The second-order valence-corrected chi connectivity index (χ2v) is 3.82. The molecule has 0 N–H and O–H groups in total. The average Bonchev–Trinajstić information content (AvgIpc) is 2.56. The van der Waals surface area contributed by atoms with Crippen molar-refractivity contribution in [2.24, 2.45) is 0 Å². The summed E-state index contributed by atoms with van der Waals surface area (Å²) < 4.78 is 31.2. The van der Waals surface area contributed by atoms with Crippen LogP contribution in [-0.4, -0.2) is 16.1 Å². The van der Waals surface area contributed by atoms with Crippen molar-refractivity contribution < 1.29 is 13.3 Å². The van der Waals surface area contributed by atoms with Gasteiger partial charge in [0, 0.05) is 6.42 Å². The first-order valence-electron chi connectivity index (χ1n) is 3.96. The Bertz CT molecular complexity index is 315. The Hall–Kier alpha value is -0.520. The maximum atomic E-state index is 13.2. The standard InChI is InChI=1S/C7H7BrF2N2O/c8-6-11-5(13-12-6)4-2-1-3-7(4,9)10/h4H,1-3H2. The highest BCUT2D eigenvalue weighted by Gasteiger charge is 2.47. The Morgan fingerprint density at radius 1 is 1.54 bits per heavy atom. The summed E-state index contributed by atoms with van der Waals surface area (Å²) in [6.45, 7) is 0. The Kier molecular flexibility index (Phi) is 2.09. The molecule has 1 aliphatic carbocycles. The zero-order valence-electron chi connectivity index (χ0n) is 6.64. The quantitative estimate of drug-likeness (QED) is 0.772. The largest absolute Gasteiger partial charge is 0.338 e. The minimum absolute atomic E-state index is 0.0365. The molecule has 1 fully saturated rings.